The normalized spacial score (nSPS) is 26.2. The molecule has 1 heterocycles. The predicted molar refractivity (Wildman–Crippen MR) is 50.4 cm³/mol. The first kappa shape index (κ1) is 10.9. The van der Waals surface area contributed by atoms with E-state index in [2.05, 4.69) is 14.9 Å². The maximum atomic E-state index is 10.6. The van der Waals surface area contributed by atoms with E-state index in [4.69, 9.17) is 5.14 Å². The van der Waals surface area contributed by atoms with Gasteiger partial charge in [0.2, 0.25) is 0 Å². The minimum absolute atomic E-state index is 0.187. The largest absolute Gasteiger partial charge is 0.314 e. The van der Waals surface area contributed by atoms with E-state index in [0.717, 1.165) is 19.6 Å². The highest BCUT2D eigenvalue weighted by Crippen LogP contribution is 1.97. The maximum Gasteiger partial charge on any atom is 0.274 e. The Morgan fingerprint density at radius 1 is 1.69 bits per heavy atom. The third-order valence-corrected chi connectivity index (χ3v) is 2.73. The van der Waals surface area contributed by atoms with Crippen molar-refractivity contribution >= 4 is 10.2 Å². The molecule has 78 valence electrons. The Morgan fingerprint density at radius 2 is 2.38 bits per heavy atom. The van der Waals surface area contributed by atoms with Crippen molar-refractivity contribution in [2.24, 2.45) is 5.14 Å². The zero-order valence-electron chi connectivity index (χ0n) is 7.66. The summed E-state index contributed by atoms with van der Waals surface area (Å²) in [5.41, 5.74) is 0. The Bertz CT molecular complexity index is 253. The molecule has 1 aliphatic rings. The van der Waals surface area contributed by atoms with Crippen molar-refractivity contribution in [3.8, 4) is 0 Å². The lowest BCUT2D eigenvalue weighted by atomic mass is 10.2. The minimum Gasteiger partial charge on any atom is -0.314 e. The fourth-order valence-corrected chi connectivity index (χ4v) is 1.73. The van der Waals surface area contributed by atoms with Crippen LogP contribution in [0.5, 0.6) is 0 Å². The van der Waals surface area contributed by atoms with Crippen LogP contribution in [0.25, 0.3) is 0 Å². The molecule has 0 spiro atoms. The molecule has 0 aliphatic carbocycles. The zero-order chi connectivity index (χ0) is 9.90. The topological polar surface area (TPSA) is 87.5 Å². The van der Waals surface area contributed by atoms with Gasteiger partial charge >= 0.3 is 0 Å². The molecule has 0 bridgehead atoms. The van der Waals surface area contributed by atoms with Crippen LogP contribution >= 0.6 is 0 Å². The molecule has 1 rings (SSSR count). The van der Waals surface area contributed by atoms with Crippen LogP contribution in [0.15, 0.2) is 0 Å². The standard InChI is InChI=1S/C6H16N4O2S/c1-10-3-2-8-4-6(10)5-9-13(7,11)12/h6,8-9H,2-5H2,1H3,(H2,7,11,12). The van der Waals surface area contributed by atoms with Crippen molar-refractivity contribution < 1.29 is 8.42 Å². The molecular formula is C6H16N4O2S. The lowest BCUT2D eigenvalue weighted by Gasteiger charge is -2.32. The van der Waals surface area contributed by atoms with Gasteiger partial charge in [-0.3, -0.25) is 4.90 Å². The molecule has 1 unspecified atom stereocenters. The summed E-state index contributed by atoms with van der Waals surface area (Å²) in [5.74, 6) is 0. The first-order valence-corrected chi connectivity index (χ1v) is 5.72. The Hall–Kier alpha value is -0.210. The van der Waals surface area contributed by atoms with Crippen LogP contribution in [-0.4, -0.2) is 52.6 Å². The molecule has 1 saturated heterocycles. The van der Waals surface area contributed by atoms with Crippen LogP contribution < -0.4 is 15.2 Å². The number of likely N-dealkylation sites (N-methyl/N-ethyl adjacent to an activating group) is 1. The molecule has 0 saturated carbocycles. The van der Waals surface area contributed by atoms with Gasteiger partial charge in [0.25, 0.3) is 10.2 Å². The lowest BCUT2D eigenvalue weighted by Crippen LogP contribution is -2.54. The number of rotatable bonds is 3. The van der Waals surface area contributed by atoms with E-state index in [-0.39, 0.29) is 6.04 Å². The van der Waals surface area contributed by atoms with E-state index in [1.807, 2.05) is 7.05 Å². The molecule has 0 aromatic rings. The Balaban J connectivity index is 2.35. The second-order valence-corrected chi connectivity index (χ2v) is 4.61. The van der Waals surface area contributed by atoms with E-state index in [9.17, 15) is 8.42 Å². The predicted octanol–water partition coefficient (Wildman–Crippen LogP) is -2.32. The summed E-state index contributed by atoms with van der Waals surface area (Å²) >= 11 is 0. The van der Waals surface area contributed by atoms with Gasteiger partial charge in [0, 0.05) is 32.2 Å². The van der Waals surface area contributed by atoms with Gasteiger partial charge in [0.15, 0.2) is 0 Å². The number of hydrogen-bond donors (Lipinski definition) is 3. The average molecular weight is 208 g/mol. The van der Waals surface area contributed by atoms with Crippen molar-refractivity contribution in [2.75, 3.05) is 33.2 Å². The monoisotopic (exact) mass is 208 g/mol. The molecule has 1 fully saturated rings. The van der Waals surface area contributed by atoms with E-state index < -0.39 is 10.2 Å². The number of nitrogens with zero attached hydrogens (tertiary/aromatic N) is 1. The smallest absolute Gasteiger partial charge is 0.274 e. The Kier molecular flexibility index (Phi) is 3.63. The minimum atomic E-state index is -3.55. The van der Waals surface area contributed by atoms with Crippen molar-refractivity contribution in [1.82, 2.24) is 14.9 Å². The third-order valence-electron chi connectivity index (χ3n) is 2.16. The zero-order valence-corrected chi connectivity index (χ0v) is 8.47. The van der Waals surface area contributed by atoms with Crippen LogP contribution in [0.3, 0.4) is 0 Å². The van der Waals surface area contributed by atoms with Gasteiger partial charge in [-0.1, -0.05) is 0 Å². The van der Waals surface area contributed by atoms with E-state index in [0.29, 0.717) is 6.54 Å². The SMILES string of the molecule is CN1CCNCC1CNS(N)(=O)=O. The quantitative estimate of drug-likeness (QED) is 0.486. The number of nitrogens with two attached hydrogens (primary N) is 1. The van der Waals surface area contributed by atoms with Crippen LogP contribution in [-0.2, 0) is 10.2 Å². The molecule has 0 amide bonds. The molecule has 0 aromatic carbocycles. The summed E-state index contributed by atoms with van der Waals surface area (Å²) in [7, 11) is -1.58. The van der Waals surface area contributed by atoms with Gasteiger partial charge in [-0.05, 0) is 7.05 Å². The lowest BCUT2D eigenvalue weighted by molar-refractivity contribution is 0.202. The van der Waals surface area contributed by atoms with E-state index in [1.165, 1.54) is 0 Å². The molecular weight excluding hydrogens is 192 g/mol. The molecule has 4 N–H and O–H groups in total. The molecule has 1 atom stereocenters. The second kappa shape index (κ2) is 4.34. The summed E-state index contributed by atoms with van der Waals surface area (Å²) < 4.78 is 23.5. The fourth-order valence-electron chi connectivity index (χ4n) is 1.30. The fraction of sp³-hybridized carbons (Fsp3) is 1.00. The van der Waals surface area contributed by atoms with Crippen molar-refractivity contribution in [3.63, 3.8) is 0 Å². The van der Waals surface area contributed by atoms with Gasteiger partial charge in [-0.2, -0.15) is 8.42 Å². The molecule has 0 radical (unpaired) electrons. The molecule has 6 nitrogen and oxygen atoms in total. The van der Waals surface area contributed by atoms with Crippen LogP contribution in [0.2, 0.25) is 0 Å². The summed E-state index contributed by atoms with van der Waals surface area (Å²) in [6.07, 6.45) is 0. The number of piperazine rings is 1. The Morgan fingerprint density at radius 3 is 2.92 bits per heavy atom. The number of hydrogen-bond acceptors (Lipinski definition) is 4. The maximum absolute atomic E-state index is 10.6. The summed E-state index contributed by atoms with van der Waals surface area (Å²) in [5, 5.41) is 8.00. The summed E-state index contributed by atoms with van der Waals surface area (Å²) in [6, 6.07) is 0.187. The second-order valence-electron chi connectivity index (χ2n) is 3.23. The van der Waals surface area contributed by atoms with Gasteiger partial charge in [0.1, 0.15) is 0 Å². The Labute approximate surface area is 78.7 Å². The highest BCUT2D eigenvalue weighted by atomic mass is 32.2. The first-order valence-electron chi connectivity index (χ1n) is 4.17. The molecule has 0 aromatic heterocycles. The van der Waals surface area contributed by atoms with Gasteiger partial charge < -0.3 is 5.32 Å². The average Bonchev–Trinajstić information content (AvgIpc) is 2.01. The van der Waals surface area contributed by atoms with Crippen molar-refractivity contribution in [3.05, 3.63) is 0 Å². The molecule has 13 heavy (non-hydrogen) atoms. The van der Waals surface area contributed by atoms with Crippen molar-refractivity contribution in [1.29, 1.82) is 0 Å². The van der Waals surface area contributed by atoms with Crippen LogP contribution in [0.4, 0.5) is 0 Å². The van der Waals surface area contributed by atoms with Gasteiger partial charge in [0.05, 0.1) is 0 Å². The van der Waals surface area contributed by atoms with Crippen molar-refractivity contribution in [2.45, 2.75) is 6.04 Å². The van der Waals surface area contributed by atoms with E-state index in [1.54, 1.807) is 0 Å². The number of nitrogens with one attached hydrogen (secondary N) is 2. The van der Waals surface area contributed by atoms with Gasteiger partial charge in [-0.25, -0.2) is 9.86 Å². The first-order chi connectivity index (χ1) is 5.99. The highest BCUT2D eigenvalue weighted by Gasteiger charge is 2.19. The third kappa shape index (κ3) is 4.01. The van der Waals surface area contributed by atoms with Crippen LogP contribution in [0.1, 0.15) is 0 Å². The van der Waals surface area contributed by atoms with E-state index >= 15 is 0 Å². The van der Waals surface area contributed by atoms with Crippen LogP contribution in [0, 0.1) is 0 Å². The van der Waals surface area contributed by atoms with Gasteiger partial charge in [-0.15, -0.1) is 0 Å². The highest BCUT2D eigenvalue weighted by molar-refractivity contribution is 7.87. The summed E-state index contributed by atoms with van der Waals surface area (Å²) in [4.78, 5) is 2.11. The molecule has 1 aliphatic heterocycles. The summed E-state index contributed by atoms with van der Waals surface area (Å²) in [6.45, 7) is 3.03. The molecule has 7 heteroatoms.